The second-order valence-electron chi connectivity index (χ2n) is 5.02. The number of carbonyl (C=O) groups is 1. The van der Waals surface area contributed by atoms with E-state index in [0.717, 1.165) is 44.8 Å². The van der Waals surface area contributed by atoms with Gasteiger partial charge in [-0.3, -0.25) is 4.79 Å². The van der Waals surface area contributed by atoms with Gasteiger partial charge in [0.25, 0.3) is 0 Å². The highest BCUT2D eigenvalue weighted by atomic mass is 16.2. The number of amides is 1. The number of carbonyl (C=O) groups excluding carboxylic acids is 1. The summed E-state index contributed by atoms with van der Waals surface area (Å²) in [5.41, 5.74) is 2.52. The van der Waals surface area contributed by atoms with Gasteiger partial charge in [0, 0.05) is 33.1 Å². The number of piperazine rings is 1. The fraction of sp³-hybridized carbons (Fsp3) is 0.615. The molecule has 18 heavy (non-hydrogen) atoms. The third-order valence-electron chi connectivity index (χ3n) is 3.86. The molecule has 1 aromatic heterocycles. The summed E-state index contributed by atoms with van der Waals surface area (Å²) in [4.78, 5) is 15.4. The average Bonchev–Trinajstić information content (AvgIpc) is 2.86. The van der Waals surface area contributed by atoms with Gasteiger partial charge in [0.05, 0.1) is 5.69 Å². The van der Waals surface area contributed by atoms with Crippen LogP contribution in [0.15, 0.2) is 6.07 Å². The van der Waals surface area contributed by atoms with Crippen molar-refractivity contribution < 1.29 is 4.79 Å². The van der Waals surface area contributed by atoms with Crippen molar-refractivity contribution in [1.82, 2.24) is 15.1 Å². The van der Waals surface area contributed by atoms with Crippen LogP contribution in [0.3, 0.4) is 0 Å². The van der Waals surface area contributed by atoms with E-state index in [4.69, 9.17) is 0 Å². The molecule has 0 atom stereocenters. The van der Waals surface area contributed by atoms with Gasteiger partial charge in [-0.1, -0.05) is 0 Å². The summed E-state index contributed by atoms with van der Waals surface area (Å²) in [6.45, 7) is 4.91. The van der Waals surface area contributed by atoms with Crippen LogP contribution in [0.2, 0.25) is 0 Å². The minimum atomic E-state index is 0.162. The average molecular weight is 246 g/mol. The fourth-order valence-electron chi connectivity index (χ4n) is 2.72. The van der Waals surface area contributed by atoms with E-state index in [9.17, 15) is 4.79 Å². The fourth-order valence-corrected chi connectivity index (χ4v) is 2.72. The Balaban J connectivity index is 1.71. The van der Waals surface area contributed by atoms with E-state index in [1.165, 1.54) is 17.7 Å². The number of fused-ring (bicyclic) bond motifs is 1. The van der Waals surface area contributed by atoms with Crippen molar-refractivity contribution in [3.05, 3.63) is 17.3 Å². The summed E-state index contributed by atoms with van der Waals surface area (Å²) >= 11 is 0. The van der Waals surface area contributed by atoms with Crippen LogP contribution in [-0.2, 0) is 17.6 Å². The minimum absolute atomic E-state index is 0.162. The first-order valence-corrected chi connectivity index (χ1v) is 6.60. The van der Waals surface area contributed by atoms with Crippen molar-refractivity contribution in [2.75, 3.05) is 31.1 Å². The number of anilines is 1. The van der Waals surface area contributed by atoms with E-state index in [1.807, 2.05) is 4.90 Å². The van der Waals surface area contributed by atoms with E-state index in [2.05, 4.69) is 21.2 Å². The maximum atomic E-state index is 11.3. The molecule has 1 amide bonds. The summed E-state index contributed by atoms with van der Waals surface area (Å²) in [5, 5.41) is 8.63. The number of aryl methyl sites for hydroxylation is 2. The molecule has 0 spiro atoms. The Morgan fingerprint density at radius 2 is 1.94 bits per heavy atom. The molecular weight excluding hydrogens is 228 g/mol. The van der Waals surface area contributed by atoms with Crippen LogP contribution in [0.5, 0.6) is 0 Å². The molecule has 5 heteroatoms. The molecule has 2 aliphatic rings. The molecule has 0 unspecified atom stereocenters. The van der Waals surface area contributed by atoms with Crippen LogP contribution in [0.1, 0.15) is 24.6 Å². The van der Waals surface area contributed by atoms with E-state index in [1.54, 1.807) is 6.92 Å². The van der Waals surface area contributed by atoms with E-state index < -0.39 is 0 Å². The summed E-state index contributed by atoms with van der Waals surface area (Å²) in [5.74, 6) is 1.13. The van der Waals surface area contributed by atoms with E-state index in [-0.39, 0.29) is 5.91 Å². The lowest BCUT2D eigenvalue weighted by molar-refractivity contribution is -0.129. The zero-order valence-electron chi connectivity index (χ0n) is 10.7. The third-order valence-corrected chi connectivity index (χ3v) is 3.86. The molecule has 5 nitrogen and oxygen atoms in total. The van der Waals surface area contributed by atoms with Crippen molar-refractivity contribution in [1.29, 1.82) is 0 Å². The second-order valence-corrected chi connectivity index (χ2v) is 5.02. The Hall–Kier alpha value is -1.65. The van der Waals surface area contributed by atoms with Crippen LogP contribution < -0.4 is 4.90 Å². The highest BCUT2D eigenvalue weighted by molar-refractivity contribution is 5.73. The highest BCUT2D eigenvalue weighted by Gasteiger charge is 2.21. The van der Waals surface area contributed by atoms with Crippen LogP contribution in [0.4, 0.5) is 5.82 Å². The number of rotatable bonds is 1. The first-order chi connectivity index (χ1) is 8.74. The van der Waals surface area contributed by atoms with Gasteiger partial charge < -0.3 is 9.80 Å². The van der Waals surface area contributed by atoms with Crippen LogP contribution in [0.25, 0.3) is 0 Å². The molecule has 1 aliphatic heterocycles. The van der Waals surface area contributed by atoms with E-state index >= 15 is 0 Å². The molecule has 0 radical (unpaired) electrons. The maximum Gasteiger partial charge on any atom is 0.219 e. The zero-order valence-corrected chi connectivity index (χ0v) is 10.7. The summed E-state index contributed by atoms with van der Waals surface area (Å²) in [6.07, 6.45) is 3.40. The predicted molar refractivity (Wildman–Crippen MR) is 68.5 cm³/mol. The SMILES string of the molecule is CC(=O)N1CCN(c2cc3c(nn2)CCC3)CC1. The largest absolute Gasteiger partial charge is 0.352 e. The topological polar surface area (TPSA) is 49.3 Å². The molecular formula is C13H18N4O. The van der Waals surface area contributed by atoms with Gasteiger partial charge in [-0.2, -0.15) is 5.10 Å². The lowest BCUT2D eigenvalue weighted by Crippen LogP contribution is -2.48. The monoisotopic (exact) mass is 246 g/mol. The van der Waals surface area contributed by atoms with Gasteiger partial charge in [0.2, 0.25) is 5.91 Å². The van der Waals surface area contributed by atoms with Crippen molar-refractivity contribution >= 4 is 11.7 Å². The molecule has 0 bridgehead atoms. The predicted octanol–water partition coefficient (Wildman–Crippen LogP) is 0.634. The Morgan fingerprint density at radius 3 is 2.67 bits per heavy atom. The lowest BCUT2D eigenvalue weighted by atomic mass is 10.2. The van der Waals surface area contributed by atoms with Crippen molar-refractivity contribution in [3.8, 4) is 0 Å². The minimum Gasteiger partial charge on any atom is -0.352 e. The Labute approximate surface area is 107 Å². The normalized spacial score (nSPS) is 18.9. The summed E-state index contributed by atoms with van der Waals surface area (Å²) in [7, 11) is 0. The Bertz CT molecular complexity index is 466. The van der Waals surface area contributed by atoms with Crippen LogP contribution >= 0.6 is 0 Å². The first kappa shape index (κ1) is 11.4. The van der Waals surface area contributed by atoms with Crippen molar-refractivity contribution in [2.24, 2.45) is 0 Å². The van der Waals surface area contributed by atoms with Gasteiger partial charge in [-0.05, 0) is 30.9 Å². The second kappa shape index (κ2) is 4.55. The lowest BCUT2D eigenvalue weighted by Gasteiger charge is -2.34. The Kier molecular flexibility index (Phi) is 2.89. The molecule has 2 heterocycles. The molecule has 0 saturated carbocycles. The molecule has 1 saturated heterocycles. The molecule has 1 aromatic rings. The highest BCUT2D eigenvalue weighted by Crippen LogP contribution is 2.23. The summed E-state index contributed by atoms with van der Waals surface area (Å²) < 4.78 is 0. The number of hydrogen-bond donors (Lipinski definition) is 0. The van der Waals surface area contributed by atoms with Crippen molar-refractivity contribution in [2.45, 2.75) is 26.2 Å². The summed E-state index contributed by atoms with van der Waals surface area (Å²) in [6, 6.07) is 2.18. The third kappa shape index (κ3) is 2.05. The van der Waals surface area contributed by atoms with Gasteiger partial charge >= 0.3 is 0 Å². The van der Waals surface area contributed by atoms with Crippen LogP contribution in [-0.4, -0.2) is 47.2 Å². The number of nitrogens with zero attached hydrogens (tertiary/aromatic N) is 4. The molecule has 1 aliphatic carbocycles. The molecule has 3 rings (SSSR count). The van der Waals surface area contributed by atoms with Gasteiger partial charge in [0.1, 0.15) is 0 Å². The molecule has 0 N–H and O–H groups in total. The number of hydrogen-bond acceptors (Lipinski definition) is 4. The van der Waals surface area contributed by atoms with E-state index in [0.29, 0.717) is 0 Å². The zero-order chi connectivity index (χ0) is 12.5. The number of aromatic nitrogens is 2. The van der Waals surface area contributed by atoms with Crippen LogP contribution in [0, 0.1) is 0 Å². The maximum absolute atomic E-state index is 11.3. The van der Waals surface area contributed by atoms with Gasteiger partial charge in [-0.15, -0.1) is 5.10 Å². The van der Waals surface area contributed by atoms with Crippen molar-refractivity contribution in [3.63, 3.8) is 0 Å². The molecule has 0 aromatic carbocycles. The Morgan fingerprint density at radius 1 is 1.17 bits per heavy atom. The first-order valence-electron chi connectivity index (χ1n) is 6.60. The van der Waals surface area contributed by atoms with Gasteiger partial charge in [0.15, 0.2) is 5.82 Å². The quantitative estimate of drug-likeness (QED) is 0.729. The standard InChI is InChI=1S/C13H18N4O/c1-10(18)16-5-7-17(8-6-16)13-9-11-3-2-4-12(11)14-15-13/h9H,2-8H2,1H3. The molecule has 1 fully saturated rings. The smallest absolute Gasteiger partial charge is 0.219 e. The molecule has 96 valence electrons. The van der Waals surface area contributed by atoms with Gasteiger partial charge in [-0.25, -0.2) is 0 Å².